The Bertz CT molecular complexity index is 1070. The first kappa shape index (κ1) is 21.5. The molecule has 1 atom stereocenters. The van der Waals surface area contributed by atoms with Crippen molar-refractivity contribution in [2.45, 2.75) is 32.1 Å². The molecule has 3 aromatic rings. The SMILES string of the molecule is CCC1(C)Oc2ccc(C(=O)N3CCN(C(c4ccccc4)c4ccccc4)CC3)cc2O1. The van der Waals surface area contributed by atoms with Crippen LogP contribution in [0.3, 0.4) is 0 Å². The normalized spacial score (nSPS) is 20.3. The van der Waals surface area contributed by atoms with Crippen molar-refractivity contribution >= 4 is 5.91 Å². The summed E-state index contributed by atoms with van der Waals surface area (Å²) in [6.45, 7) is 6.96. The van der Waals surface area contributed by atoms with Crippen LogP contribution in [0, 0.1) is 0 Å². The lowest BCUT2D eigenvalue weighted by Gasteiger charge is -2.39. The molecule has 1 unspecified atom stereocenters. The molecular weight excluding hydrogens is 412 g/mol. The molecule has 0 spiro atoms. The highest BCUT2D eigenvalue weighted by Gasteiger charge is 2.36. The first-order valence-electron chi connectivity index (χ1n) is 11.7. The zero-order valence-electron chi connectivity index (χ0n) is 19.2. The summed E-state index contributed by atoms with van der Waals surface area (Å²) in [5, 5.41) is 0. The van der Waals surface area contributed by atoms with Gasteiger partial charge in [-0.05, 0) is 29.3 Å². The van der Waals surface area contributed by atoms with E-state index >= 15 is 0 Å². The maximum Gasteiger partial charge on any atom is 0.254 e. The van der Waals surface area contributed by atoms with Gasteiger partial charge < -0.3 is 14.4 Å². The second kappa shape index (κ2) is 8.91. The van der Waals surface area contributed by atoms with Gasteiger partial charge in [0.05, 0.1) is 6.04 Å². The highest BCUT2D eigenvalue weighted by Crippen LogP contribution is 2.41. The number of nitrogens with zero attached hydrogens (tertiary/aromatic N) is 2. The van der Waals surface area contributed by atoms with E-state index in [1.54, 1.807) is 0 Å². The van der Waals surface area contributed by atoms with Gasteiger partial charge in [0.25, 0.3) is 5.91 Å². The van der Waals surface area contributed by atoms with Crippen molar-refractivity contribution in [3.63, 3.8) is 0 Å². The van der Waals surface area contributed by atoms with Crippen LogP contribution in [-0.2, 0) is 0 Å². The summed E-state index contributed by atoms with van der Waals surface area (Å²) in [6, 6.07) is 26.9. The summed E-state index contributed by atoms with van der Waals surface area (Å²) >= 11 is 0. The van der Waals surface area contributed by atoms with Crippen molar-refractivity contribution in [1.82, 2.24) is 9.80 Å². The number of benzene rings is 3. The van der Waals surface area contributed by atoms with Crippen LogP contribution in [0.1, 0.15) is 47.8 Å². The highest BCUT2D eigenvalue weighted by atomic mass is 16.7. The molecule has 0 aliphatic carbocycles. The number of piperazine rings is 1. The Labute approximate surface area is 195 Å². The maximum absolute atomic E-state index is 13.3. The number of amides is 1. The Morgan fingerprint density at radius 3 is 2.00 bits per heavy atom. The lowest BCUT2D eigenvalue weighted by atomic mass is 9.96. The molecule has 0 bridgehead atoms. The van der Waals surface area contributed by atoms with Crippen LogP contribution in [-0.4, -0.2) is 47.7 Å². The lowest BCUT2D eigenvalue weighted by Crippen LogP contribution is -2.49. The van der Waals surface area contributed by atoms with Crippen molar-refractivity contribution in [1.29, 1.82) is 0 Å². The number of fused-ring (bicyclic) bond motifs is 1. The Morgan fingerprint density at radius 2 is 1.42 bits per heavy atom. The molecular formula is C28H30N2O3. The number of ether oxygens (including phenoxy) is 2. The molecule has 5 nitrogen and oxygen atoms in total. The van der Waals surface area contributed by atoms with E-state index in [4.69, 9.17) is 9.47 Å². The maximum atomic E-state index is 13.3. The smallest absolute Gasteiger partial charge is 0.254 e. The van der Waals surface area contributed by atoms with Crippen molar-refractivity contribution in [3.8, 4) is 11.5 Å². The minimum atomic E-state index is -0.653. The van der Waals surface area contributed by atoms with Gasteiger partial charge in [0.1, 0.15) is 0 Å². The molecule has 0 saturated carbocycles. The second-order valence-corrected chi connectivity index (χ2v) is 8.91. The largest absolute Gasteiger partial charge is 0.449 e. The van der Waals surface area contributed by atoms with Crippen LogP contribution < -0.4 is 9.47 Å². The first-order valence-corrected chi connectivity index (χ1v) is 11.7. The van der Waals surface area contributed by atoms with Gasteiger partial charge in [-0.2, -0.15) is 0 Å². The number of rotatable bonds is 5. The molecule has 0 N–H and O–H groups in total. The quantitative estimate of drug-likeness (QED) is 0.549. The minimum absolute atomic E-state index is 0.0436. The standard InChI is InChI=1S/C28H30N2O3/c1-3-28(2)32-24-15-14-23(20-25(24)33-28)27(31)30-18-16-29(17-19-30)26(21-10-6-4-7-11-21)22-12-8-5-9-13-22/h4-15,20,26H,3,16-19H2,1-2H3. The third-order valence-corrected chi connectivity index (χ3v) is 6.68. The van der Waals surface area contributed by atoms with E-state index in [0.29, 0.717) is 30.2 Å². The molecule has 0 radical (unpaired) electrons. The van der Waals surface area contributed by atoms with E-state index in [0.717, 1.165) is 19.5 Å². The molecule has 1 saturated heterocycles. The van der Waals surface area contributed by atoms with Gasteiger partial charge in [-0.25, -0.2) is 0 Å². The van der Waals surface area contributed by atoms with Gasteiger partial charge >= 0.3 is 0 Å². The van der Waals surface area contributed by atoms with E-state index < -0.39 is 5.79 Å². The number of carbonyl (C=O) groups excluding carboxylic acids is 1. The molecule has 1 fully saturated rings. The lowest BCUT2D eigenvalue weighted by molar-refractivity contribution is -0.0640. The van der Waals surface area contributed by atoms with Crippen LogP contribution in [0.4, 0.5) is 0 Å². The molecule has 2 heterocycles. The summed E-state index contributed by atoms with van der Waals surface area (Å²) < 4.78 is 11.9. The van der Waals surface area contributed by atoms with Crippen molar-refractivity contribution in [3.05, 3.63) is 95.6 Å². The number of hydrogen-bond donors (Lipinski definition) is 0. The van der Waals surface area contributed by atoms with Crippen LogP contribution in [0.2, 0.25) is 0 Å². The molecule has 0 aromatic heterocycles. The Balaban J connectivity index is 1.30. The van der Waals surface area contributed by atoms with Gasteiger partial charge in [-0.1, -0.05) is 67.6 Å². The van der Waals surface area contributed by atoms with Crippen molar-refractivity contribution in [2.24, 2.45) is 0 Å². The predicted molar refractivity (Wildman–Crippen MR) is 129 cm³/mol. The fraction of sp³-hybridized carbons (Fsp3) is 0.321. The summed E-state index contributed by atoms with van der Waals surface area (Å²) in [4.78, 5) is 17.7. The van der Waals surface area contributed by atoms with E-state index in [1.165, 1.54) is 11.1 Å². The molecule has 2 aliphatic rings. The van der Waals surface area contributed by atoms with Gasteiger partial charge in [0.15, 0.2) is 11.5 Å². The Kier molecular flexibility index (Phi) is 5.81. The van der Waals surface area contributed by atoms with Crippen molar-refractivity contribution in [2.75, 3.05) is 26.2 Å². The average Bonchev–Trinajstić information content (AvgIpc) is 3.21. The molecule has 1 amide bonds. The topological polar surface area (TPSA) is 42.0 Å². The van der Waals surface area contributed by atoms with Crippen LogP contribution in [0.25, 0.3) is 0 Å². The van der Waals surface area contributed by atoms with Crippen molar-refractivity contribution < 1.29 is 14.3 Å². The molecule has 2 aliphatic heterocycles. The van der Waals surface area contributed by atoms with Gasteiger partial charge in [-0.3, -0.25) is 9.69 Å². The number of hydrogen-bond acceptors (Lipinski definition) is 4. The van der Waals surface area contributed by atoms with Gasteiger partial charge in [0.2, 0.25) is 5.79 Å². The monoisotopic (exact) mass is 442 g/mol. The predicted octanol–water partition coefficient (Wildman–Crippen LogP) is 5.13. The molecule has 3 aromatic carbocycles. The van der Waals surface area contributed by atoms with E-state index in [-0.39, 0.29) is 11.9 Å². The molecule has 170 valence electrons. The third-order valence-electron chi connectivity index (χ3n) is 6.68. The first-order chi connectivity index (χ1) is 16.1. The van der Waals surface area contributed by atoms with Crippen LogP contribution >= 0.6 is 0 Å². The zero-order chi connectivity index (χ0) is 22.8. The van der Waals surface area contributed by atoms with Crippen LogP contribution in [0.15, 0.2) is 78.9 Å². The Morgan fingerprint density at radius 1 is 0.848 bits per heavy atom. The molecule has 5 heteroatoms. The van der Waals surface area contributed by atoms with Crippen LogP contribution in [0.5, 0.6) is 11.5 Å². The summed E-state index contributed by atoms with van der Waals surface area (Å²) in [5.41, 5.74) is 3.20. The fourth-order valence-electron chi connectivity index (χ4n) is 4.69. The zero-order valence-corrected chi connectivity index (χ0v) is 19.2. The summed E-state index contributed by atoms with van der Waals surface area (Å²) in [6.07, 6.45) is 0.733. The highest BCUT2D eigenvalue weighted by molar-refractivity contribution is 5.95. The molecule has 33 heavy (non-hydrogen) atoms. The van der Waals surface area contributed by atoms with E-state index in [9.17, 15) is 4.79 Å². The van der Waals surface area contributed by atoms with E-state index in [1.807, 2.05) is 36.9 Å². The molecule has 5 rings (SSSR count). The van der Waals surface area contributed by atoms with Gasteiger partial charge in [-0.15, -0.1) is 0 Å². The second-order valence-electron chi connectivity index (χ2n) is 8.91. The Hall–Kier alpha value is -3.31. The minimum Gasteiger partial charge on any atom is -0.449 e. The summed E-state index contributed by atoms with van der Waals surface area (Å²) in [5.74, 6) is 0.743. The van der Waals surface area contributed by atoms with E-state index in [2.05, 4.69) is 65.6 Å². The summed E-state index contributed by atoms with van der Waals surface area (Å²) in [7, 11) is 0. The number of carbonyl (C=O) groups is 1. The van der Waals surface area contributed by atoms with Gasteiger partial charge in [0, 0.05) is 45.1 Å². The average molecular weight is 443 g/mol. The fourth-order valence-corrected chi connectivity index (χ4v) is 4.69. The third kappa shape index (κ3) is 4.33.